The van der Waals surface area contributed by atoms with Crippen molar-refractivity contribution in [3.05, 3.63) is 57.3 Å². The van der Waals surface area contributed by atoms with Crippen LogP contribution >= 0.6 is 11.3 Å². The zero-order chi connectivity index (χ0) is 17.3. The number of fused-ring (bicyclic) bond motifs is 1. The van der Waals surface area contributed by atoms with E-state index >= 15 is 0 Å². The summed E-state index contributed by atoms with van der Waals surface area (Å²) in [5, 5.41) is 2.09. The van der Waals surface area contributed by atoms with Crippen molar-refractivity contribution in [2.75, 3.05) is 12.8 Å². The molecule has 0 unspecified atom stereocenters. The number of carbonyl (C=O) groups excluding carboxylic acids is 1. The number of thiophene rings is 1. The number of nitrogens with zero attached hydrogens (tertiary/aromatic N) is 1. The molecule has 0 saturated heterocycles. The van der Waals surface area contributed by atoms with Gasteiger partial charge in [-0.1, -0.05) is 19.1 Å². The van der Waals surface area contributed by atoms with Crippen LogP contribution < -0.4 is 0 Å². The van der Waals surface area contributed by atoms with E-state index < -0.39 is 9.84 Å². The Bertz CT molecular complexity index is 855. The van der Waals surface area contributed by atoms with E-state index in [9.17, 15) is 13.2 Å². The molecule has 128 valence electrons. The molecule has 0 saturated carbocycles. The fraction of sp³-hybridized carbons (Fsp3) is 0.389. The molecule has 2 aromatic rings. The summed E-state index contributed by atoms with van der Waals surface area (Å²) in [6.45, 7) is 2.80. The third kappa shape index (κ3) is 3.54. The summed E-state index contributed by atoms with van der Waals surface area (Å²) in [5.41, 5.74) is 2.48. The van der Waals surface area contributed by atoms with E-state index in [1.807, 2.05) is 4.90 Å². The first-order valence-electron chi connectivity index (χ1n) is 8.03. The van der Waals surface area contributed by atoms with E-state index in [1.54, 1.807) is 35.6 Å². The Hall–Kier alpha value is -1.66. The van der Waals surface area contributed by atoms with Crippen LogP contribution in [-0.2, 0) is 22.0 Å². The molecule has 0 aliphatic carbocycles. The number of carbonyl (C=O) groups is 1. The topological polar surface area (TPSA) is 54.5 Å². The molecular formula is C18H21NO3S2. The molecule has 1 amide bonds. The average Bonchev–Trinajstić information content (AvgIpc) is 3.00. The summed E-state index contributed by atoms with van der Waals surface area (Å²) < 4.78 is 23.0. The molecule has 0 fully saturated rings. The van der Waals surface area contributed by atoms with Crippen molar-refractivity contribution in [3.8, 4) is 0 Å². The van der Waals surface area contributed by atoms with Gasteiger partial charge < -0.3 is 4.90 Å². The van der Waals surface area contributed by atoms with Crippen LogP contribution in [-0.4, -0.2) is 32.0 Å². The van der Waals surface area contributed by atoms with Gasteiger partial charge in [0.1, 0.15) is 0 Å². The Morgan fingerprint density at radius 3 is 2.83 bits per heavy atom. The molecular weight excluding hydrogens is 342 g/mol. The normalized spacial score (nSPS) is 17.6. The zero-order valence-corrected chi connectivity index (χ0v) is 15.5. The smallest absolute Gasteiger partial charge is 0.254 e. The Morgan fingerprint density at radius 1 is 1.33 bits per heavy atom. The molecule has 1 aliphatic heterocycles. The van der Waals surface area contributed by atoms with Gasteiger partial charge in [0.15, 0.2) is 9.84 Å². The molecule has 6 heteroatoms. The van der Waals surface area contributed by atoms with Crippen molar-refractivity contribution in [3.63, 3.8) is 0 Å². The lowest BCUT2D eigenvalue weighted by atomic mass is 9.96. The van der Waals surface area contributed by atoms with Crippen LogP contribution in [0.5, 0.6) is 0 Å². The second-order valence-corrected chi connectivity index (χ2v) is 9.38. The van der Waals surface area contributed by atoms with Gasteiger partial charge in [-0.25, -0.2) is 8.42 Å². The van der Waals surface area contributed by atoms with Gasteiger partial charge in [0.2, 0.25) is 0 Å². The summed E-state index contributed by atoms with van der Waals surface area (Å²) in [6, 6.07) is 9.21. The molecule has 0 spiro atoms. The highest BCUT2D eigenvalue weighted by Gasteiger charge is 2.30. The number of benzene rings is 1. The highest BCUT2D eigenvalue weighted by molar-refractivity contribution is 7.89. The van der Waals surface area contributed by atoms with Crippen LogP contribution in [0.4, 0.5) is 0 Å². The highest BCUT2D eigenvalue weighted by Crippen LogP contribution is 2.36. The van der Waals surface area contributed by atoms with E-state index in [4.69, 9.17) is 0 Å². The standard InChI is InChI=1S/C18H21NO3S2/c1-3-16-15-8-10-23-17(15)7-9-19(16)18(20)14-6-4-5-13(11-14)12-24(2,21)22/h4-6,8,10-11,16H,3,7,9,12H2,1-2H3/t16-/m0/s1. The van der Waals surface area contributed by atoms with Crippen LogP contribution in [0.1, 0.15) is 45.7 Å². The minimum absolute atomic E-state index is 0.0194. The Kier molecular flexibility index (Phi) is 4.78. The number of rotatable bonds is 4. The van der Waals surface area contributed by atoms with Gasteiger partial charge in [0.05, 0.1) is 11.8 Å². The third-order valence-corrected chi connectivity index (χ3v) is 6.20. The number of hydrogen-bond acceptors (Lipinski definition) is 4. The monoisotopic (exact) mass is 363 g/mol. The van der Waals surface area contributed by atoms with E-state index in [0.717, 1.165) is 12.8 Å². The molecule has 3 rings (SSSR count). The molecule has 1 aromatic heterocycles. The fourth-order valence-electron chi connectivity index (χ4n) is 3.34. The quantitative estimate of drug-likeness (QED) is 0.836. The second-order valence-electron chi connectivity index (χ2n) is 6.24. The molecule has 1 atom stereocenters. The van der Waals surface area contributed by atoms with E-state index in [0.29, 0.717) is 17.7 Å². The lowest BCUT2D eigenvalue weighted by Crippen LogP contribution is -2.39. The van der Waals surface area contributed by atoms with Crippen LogP contribution in [0.25, 0.3) is 0 Å². The van der Waals surface area contributed by atoms with Gasteiger partial charge in [0.25, 0.3) is 5.91 Å². The maximum absolute atomic E-state index is 13.0. The van der Waals surface area contributed by atoms with Crippen molar-refractivity contribution < 1.29 is 13.2 Å². The predicted octanol–water partition coefficient (Wildman–Crippen LogP) is 3.44. The molecule has 24 heavy (non-hydrogen) atoms. The molecule has 0 N–H and O–H groups in total. The summed E-state index contributed by atoms with van der Waals surface area (Å²) in [7, 11) is -3.12. The first-order chi connectivity index (χ1) is 11.4. The molecule has 1 aromatic carbocycles. The summed E-state index contributed by atoms with van der Waals surface area (Å²) in [5.74, 6) is -0.0611. The first kappa shape index (κ1) is 17.2. The summed E-state index contributed by atoms with van der Waals surface area (Å²) in [4.78, 5) is 16.3. The van der Waals surface area contributed by atoms with Crippen molar-refractivity contribution in [2.24, 2.45) is 0 Å². The SMILES string of the molecule is CC[C@H]1c2ccsc2CCN1C(=O)c1cccc(CS(C)(=O)=O)c1. The zero-order valence-electron chi connectivity index (χ0n) is 13.9. The second kappa shape index (κ2) is 6.69. The number of hydrogen-bond donors (Lipinski definition) is 0. The molecule has 2 heterocycles. The average molecular weight is 364 g/mol. The summed E-state index contributed by atoms with van der Waals surface area (Å²) in [6.07, 6.45) is 2.97. The molecule has 0 bridgehead atoms. The first-order valence-corrected chi connectivity index (χ1v) is 11.0. The van der Waals surface area contributed by atoms with Gasteiger partial charge in [-0.2, -0.15) is 0 Å². The predicted molar refractivity (Wildman–Crippen MR) is 97.1 cm³/mol. The van der Waals surface area contributed by atoms with Crippen molar-refractivity contribution in [1.29, 1.82) is 0 Å². The van der Waals surface area contributed by atoms with E-state index in [1.165, 1.54) is 16.7 Å². The van der Waals surface area contributed by atoms with Crippen molar-refractivity contribution in [2.45, 2.75) is 31.6 Å². The van der Waals surface area contributed by atoms with E-state index in [2.05, 4.69) is 18.4 Å². The molecule has 0 radical (unpaired) electrons. The number of sulfone groups is 1. The lowest BCUT2D eigenvalue weighted by Gasteiger charge is -2.35. The molecule has 4 nitrogen and oxygen atoms in total. The van der Waals surface area contributed by atoms with Crippen LogP contribution in [0.3, 0.4) is 0 Å². The van der Waals surface area contributed by atoms with E-state index in [-0.39, 0.29) is 17.7 Å². The highest BCUT2D eigenvalue weighted by atomic mass is 32.2. The van der Waals surface area contributed by atoms with Crippen molar-refractivity contribution in [1.82, 2.24) is 4.90 Å². The fourth-order valence-corrected chi connectivity index (χ4v) is 5.06. The van der Waals surface area contributed by atoms with Crippen LogP contribution in [0.2, 0.25) is 0 Å². The van der Waals surface area contributed by atoms with Crippen LogP contribution in [0.15, 0.2) is 35.7 Å². The minimum Gasteiger partial charge on any atom is -0.331 e. The maximum atomic E-state index is 13.0. The van der Waals surface area contributed by atoms with Crippen molar-refractivity contribution >= 4 is 27.1 Å². The molecule has 1 aliphatic rings. The summed E-state index contributed by atoms with van der Waals surface area (Å²) >= 11 is 1.76. The van der Waals surface area contributed by atoms with Crippen LogP contribution in [0, 0.1) is 0 Å². The maximum Gasteiger partial charge on any atom is 0.254 e. The lowest BCUT2D eigenvalue weighted by molar-refractivity contribution is 0.0657. The number of amides is 1. The van der Waals surface area contributed by atoms with Gasteiger partial charge in [-0.05, 0) is 47.5 Å². The Morgan fingerprint density at radius 2 is 2.12 bits per heavy atom. The Labute approximate surface area is 147 Å². The third-order valence-electron chi connectivity index (χ3n) is 4.35. The largest absolute Gasteiger partial charge is 0.331 e. The minimum atomic E-state index is -3.12. The van der Waals surface area contributed by atoms with Gasteiger partial charge >= 0.3 is 0 Å². The van der Waals surface area contributed by atoms with Gasteiger partial charge in [0, 0.05) is 23.2 Å². The van der Waals surface area contributed by atoms with Gasteiger partial charge in [-0.3, -0.25) is 4.79 Å². The Balaban J connectivity index is 1.88. The van der Waals surface area contributed by atoms with Gasteiger partial charge in [-0.15, -0.1) is 11.3 Å².